The molecule has 4 aromatic carbocycles. The van der Waals surface area contributed by atoms with Crippen LogP contribution in [0.1, 0.15) is 34.2 Å². The maximum absolute atomic E-state index is 15.2. The van der Waals surface area contributed by atoms with Gasteiger partial charge in [0, 0.05) is 16.5 Å². The Balaban J connectivity index is 1.47. The minimum Gasteiger partial charge on any atom is -0.429 e. The highest BCUT2D eigenvalue weighted by molar-refractivity contribution is 5.85. The highest BCUT2D eigenvalue weighted by Gasteiger charge is 2.17. The molecule has 0 atom stereocenters. The van der Waals surface area contributed by atoms with Gasteiger partial charge in [0.2, 0.25) is 0 Å². The Morgan fingerprint density at radius 1 is 0.757 bits per heavy atom. The Morgan fingerprint density at radius 2 is 1.43 bits per heavy atom. The second-order valence-corrected chi connectivity index (χ2v) is 8.52. The summed E-state index contributed by atoms with van der Waals surface area (Å²) in [5, 5.41) is 1.09. The molecule has 37 heavy (non-hydrogen) atoms. The number of benzene rings is 4. The average molecular weight is 507 g/mol. The zero-order chi connectivity index (χ0) is 26.4. The van der Waals surface area contributed by atoms with Gasteiger partial charge in [0.25, 0.3) is 0 Å². The molecule has 0 aromatic heterocycles. The van der Waals surface area contributed by atoms with E-state index in [1.807, 2.05) is 30.3 Å². The van der Waals surface area contributed by atoms with Gasteiger partial charge in [0.1, 0.15) is 5.82 Å². The quantitative estimate of drug-likeness (QED) is 0.133. The van der Waals surface area contributed by atoms with Crippen LogP contribution in [0.4, 0.5) is 22.0 Å². The van der Waals surface area contributed by atoms with Crippen LogP contribution < -0.4 is 4.74 Å². The van der Waals surface area contributed by atoms with Crippen molar-refractivity contribution in [1.82, 2.24) is 0 Å². The Morgan fingerprint density at radius 3 is 2.11 bits per heavy atom. The predicted octanol–water partition coefficient (Wildman–Crippen LogP) is 8.16. The summed E-state index contributed by atoms with van der Waals surface area (Å²) in [4.78, 5) is 0. The van der Waals surface area contributed by atoms with Gasteiger partial charge in [-0.2, -0.15) is 8.78 Å². The zero-order valence-corrected chi connectivity index (χ0v) is 19.8. The fraction of sp³-hybridized carbons (Fsp3) is 0.161. The molecular formula is C31H23F5O. The number of rotatable bonds is 8. The summed E-state index contributed by atoms with van der Waals surface area (Å²) in [6, 6.07) is 18.5. The van der Waals surface area contributed by atoms with Crippen LogP contribution in [0.3, 0.4) is 0 Å². The normalized spacial score (nSPS) is 10.9. The van der Waals surface area contributed by atoms with Crippen molar-refractivity contribution < 1.29 is 26.7 Å². The lowest BCUT2D eigenvalue weighted by atomic mass is 9.99. The van der Waals surface area contributed by atoms with Crippen LogP contribution in [-0.4, -0.2) is 6.61 Å². The zero-order valence-electron chi connectivity index (χ0n) is 19.8. The van der Waals surface area contributed by atoms with Crippen LogP contribution in [-0.2, 0) is 19.3 Å². The van der Waals surface area contributed by atoms with Crippen molar-refractivity contribution in [2.75, 3.05) is 0 Å². The molecule has 0 heterocycles. The molecule has 0 saturated heterocycles. The molecule has 0 saturated carbocycles. The van der Waals surface area contributed by atoms with Crippen LogP contribution in [0.15, 0.2) is 79.4 Å². The van der Waals surface area contributed by atoms with Gasteiger partial charge >= 0.3 is 6.61 Å². The monoisotopic (exact) mass is 506 g/mol. The van der Waals surface area contributed by atoms with Crippen LogP contribution in [0, 0.1) is 29.3 Å². The van der Waals surface area contributed by atoms with Crippen molar-refractivity contribution in [3.05, 3.63) is 125 Å². The van der Waals surface area contributed by atoms with E-state index in [2.05, 4.69) is 23.2 Å². The van der Waals surface area contributed by atoms with E-state index in [-0.39, 0.29) is 18.4 Å². The van der Waals surface area contributed by atoms with Gasteiger partial charge < -0.3 is 4.74 Å². The van der Waals surface area contributed by atoms with Crippen LogP contribution >= 0.6 is 0 Å². The van der Waals surface area contributed by atoms with Crippen molar-refractivity contribution in [1.29, 1.82) is 0 Å². The highest BCUT2D eigenvalue weighted by Crippen LogP contribution is 2.27. The molecule has 0 unspecified atom stereocenters. The van der Waals surface area contributed by atoms with E-state index in [9.17, 15) is 17.6 Å². The van der Waals surface area contributed by atoms with Crippen LogP contribution in [0.2, 0.25) is 0 Å². The fourth-order valence-electron chi connectivity index (χ4n) is 4.01. The maximum atomic E-state index is 15.2. The summed E-state index contributed by atoms with van der Waals surface area (Å²) < 4.78 is 71.6. The number of fused-ring (bicyclic) bond motifs is 1. The molecular weight excluding hydrogens is 483 g/mol. The van der Waals surface area contributed by atoms with E-state index in [0.717, 1.165) is 36.1 Å². The summed E-state index contributed by atoms with van der Waals surface area (Å²) in [5.41, 5.74) is 3.42. The third-order valence-corrected chi connectivity index (χ3v) is 5.92. The van der Waals surface area contributed by atoms with E-state index in [1.54, 1.807) is 30.3 Å². The number of halogens is 5. The van der Waals surface area contributed by atoms with E-state index >= 15 is 4.39 Å². The molecule has 0 spiro atoms. The van der Waals surface area contributed by atoms with Gasteiger partial charge in [-0.1, -0.05) is 48.2 Å². The molecule has 0 N–H and O–H groups in total. The maximum Gasteiger partial charge on any atom is 0.387 e. The summed E-state index contributed by atoms with van der Waals surface area (Å²) in [5.74, 6) is 2.21. The lowest BCUT2D eigenvalue weighted by Crippen LogP contribution is -2.06. The number of hydrogen-bond acceptors (Lipinski definition) is 1. The molecule has 4 rings (SSSR count). The largest absolute Gasteiger partial charge is 0.429 e. The van der Waals surface area contributed by atoms with E-state index in [1.165, 1.54) is 5.56 Å². The number of aryl methyl sites for hydroxylation is 3. The highest BCUT2D eigenvalue weighted by atomic mass is 19.3. The van der Waals surface area contributed by atoms with Crippen molar-refractivity contribution in [2.45, 2.75) is 32.3 Å². The molecule has 0 aliphatic rings. The van der Waals surface area contributed by atoms with Crippen LogP contribution in [0.25, 0.3) is 10.8 Å². The molecule has 4 aromatic rings. The molecule has 188 valence electrons. The van der Waals surface area contributed by atoms with E-state index in [0.29, 0.717) is 16.3 Å². The summed E-state index contributed by atoms with van der Waals surface area (Å²) in [6.07, 6.45) is 4.02. The number of hydrogen-bond donors (Lipinski definition) is 0. The van der Waals surface area contributed by atoms with Gasteiger partial charge in [-0.05, 0) is 84.2 Å². The van der Waals surface area contributed by atoms with Gasteiger partial charge in [-0.3, -0.25) is 0 Å². The first kappa shape index (κ1) is 26.0. The molecule has 0 aliphatic heterocycles. The first-order chi connectivity index (χ1) is 17.8. The minimum atomic E-state index is -3.34. The molecule has 1 nitrogen and oxygen atoms in total. The number of ether oxygens (including phenoxy) is 1. The van der Waals surface area contributed by atoms with Gasteiger partial charge in [-0.15, -0.1) is 6.58 Å². The Hall–Kier alpha value is -4.11. The first-order valence-electron chi connectivity index (χ1n) is 11.7. The molecule has 0 fully saturated rings. The second kappa shape index (κ2) is 11.7. The third-order valence-electron chi connectivity index (χ3n) is 5.92. The average Bonchev–Trinajstić information content (AvgIpc) is 2.88. The Bertz CT molecular complexity index is 1460. The third kappa shape index (κ3) is 6.56. The predicted molar refractivity (Wildman–Crippen MR) is 135 cm³/mol. The fourth-order valence-corrected chi connectivity index (χ4v) is 4.01. The second-order valence-electron chi connectivity index (χ2n) is 8.52. The van der Waals surface area contributed by atoms with Gasteiger partial charge in [-0.25, -0.2) is 13.2 Å². The van der Waals surface area contributed by atoms with E-state index < -0.39 is 29.8 Å². The standard InChI is InChI=1S/C31H23F5O/c1-2-3-4-20-5-7-21(8-6-20)9-10-22-12-16-26-25(17-22)15-14-24(29(26)34)13-11-23-18-27(32)30(28(33)19-23)37-31(35)36/h2,5-8,12,14-19,31H,1,3-4,11,13H2. The lowest BCUT2D eigenvalue weighted by molar-refractivity contribution is -0.0546. The molecule has 0 radical (unpaired) electrons. The van der Waals surface area contributed by atoms with Gasteiger partial charge in [0.05, 0.1) is 0 Å². The van der Waals surface area contributed by atoms with Crippen molar-refractivity contribution in [2.24, 2.45) is 0 Å². The molecule has 0 amide bonds. The first-order valence-corrected chi connectivity index (χ1v) is 11.7. The van der Waals surface area contributed by atoms with Crippen molar-refractivity contribution in [3.63, 3.8) is 0 Å². The summed E-state index contributed by atoms with van der Waals surface area (Å²) in [6.45, 7) is 0.391. The summed E-state index contributed by atoms with van der Waals surface area (Å²) in [7, 11) is 0. The van der Waals surface area contributed by atoms with Gasteiger partial charge in [0.15, 0.2) is 17.4 Å². The molecule has 0 bridgehead atoms. The minimum absolute atomic E-state index is 0.112. The number of alkyl halides is 2. The Labute approximate surface area is 212 Å². The number of allylic oxidation sites excluding steroid dienone is 1. The van der Waals surface area contributed by atoms with Crippen molar-refractivity contribution >= 4 is 10.8 Å². The molecule has 0 aliphatic carbocycles. The molecule has 6 heteroatoms. The Kier molecular flexibility index (Phi) is 8.25. The van der Waals surface area contributed by atoms with E-state index in [4.69, 9.17) is 0 Å². The smallest absolute Gasteiger partial charge is 0.387 e. The summed E-state index contributed by atoms with van der Waals surface area (Å²) >= 11 is 0. The lowest BCUT2D eigenvalue weighted by Gasteiger charge is -2.10. The van der Waals surface area contributed by atoms with Crippen LogP contribution in [0.5, 0.6) is 5.75 Å². The topological polar surface area (TPSA) is 9.23 Å². The van der Waals surface area contributed by atoms with Crippen molar-refractivity contribution in [3.8, 4) is 17.6 Å². The SMILES string of the molecule is C=CCCc1ccc(C#Cc2ccc3c(F)c(CCc4cc(F)c(OC(F)F)c(F)c4)ccc3c2)cc1.